The predicted octanol–water partition coefficient (Wildman–Crippen LogP) is -0.112. The van der Waals surface area contributed by atoms with Crippen LogP contribution < -0.4 is 4.72 Å². The fourth-order valence-electron chi connectivity index (χ4n) is 1.13. The zero-order valence-corrected chi connectivity index (χ0v) is 10.8. The van der Waals surface area contributed by atoms with Crippen molar-refractivity contribution in [3.63, 3.8) is 0 Å². The highest BCUT2D eigenvalue weighted by Crippen LogP contribution is 2.12. The van der Waals surface area contributed by atoms with Crippen LogP contribution in [0.1, 0.15) is 24.2 Å². The molecular formula is C10H13N3O4S. The number of esters is 1. The van der Waals surface area contributed by atoms with Crippen LogP contribution in [0.3, 0.4) is 0 Å². The van der Waals surface area contributed by atoms with Crippen molar-refractivity contribution >= 4 is 16.0 Å². The number of aromatic nitrogens is 2. The number of rotatable bonds is 5. The van der Waals surface area contributed by atoms with Crippen molar-refractivity contribution in [2.75, 3.05) is 13.2 Å². The fraction of sp³-hybridized carbons (Fsp3) is 0.400. The van der Waals surface area contributed by atoms with Crippen molar-refractivity contribution in [2.24, 2.45) is 0 Å². The Morgan fingerprint density at radius 1 is 1.61 bits per heavy atom. The standard InChI is InChI=1S/C10H13N3O4S/c1-3-5-6-12-18(15,16)9-8(7-11-13-9)10(14)17-4-2/h7,12H,4,6H2,1-2H3,(H,11,13). The number of hydrogen-bond acceptors (Lipinski definition) is 5. The summed E-state index contributed by atoms with van der Waals surface area (Å²) < 4.78 is 30.6. The van der Waals surface area contributed by atoms with Crippen molar-refractivity contribution in [3.8, 4) is 11.8 Å². The Bertz CT molecular complexity index is 580. The maximum atomic E-state index is 11.8. The van der Waals surface area contributed by atoms with Gasteiger partial charge in [0.2, 0.25) is 0 Å². The van der Waals surface area contributed by atoms with Gasteiger partial charge in [-0.15, -0.1) is 5.92 Å². The van der Waals surface area contributed by atoms with Gasteiger partial charge in [-0.3, -0.25) is 5.10 Å². The van der Waals surface area contributed by atoms with Gasteiger partial charge in [0, 0.05) is 0 Å². The zero-order valence-electron chi connectivity index (χ0n) is 9.98. The molecule has 0 unspecified atom stereocenters. The predicted molar refractivity (Wildman–Crippen MR) is 63.2 cm³/mol. The monoisotopic (exact) mass is 271 g/mol. The van der Waals surface area contributed by atoms with Gasteiger partial charge < -0.3 is 4.74 Å². The van der Waals surface area contributed by atoms with Crippen molar-refractivity contribution in [1.82, 2.24) is 14.9 Å². The van der Waals surface area contributed by atoms with Crippen LogP contribution in [0, 0.1) is 11.8 Å². The van der Waals surface area contributed by atoms with Crippen LogP contribution >= 0.6 is 0 Å². The third-order valence-corrected chi connectivity index (χ3v) is 3.27. The summed E-state index contributed by atoms with van der Waals surface area (Å²) in [5, 5.41) is 5.48. The van der Waals surface area contributed by atoms with Crippen molar-refractivity contribution in [1.29, 1.82) is 0 Å². The number of sulfonamides is 1. The SMILES string of the molecule is CC#CCNS(=O)(=O)c1[nH]ncc1C(=O)OCC. The largest absolute Gasteiger partial charge is 0.462 e. The Morgan fingerprint density at radius 3 is 2.94 bits per heavy atom. The molecule has 0 aliphatic carbocycles. The average Bonchev–Trinajstić information content (AvgIpc) is 2.79. The Balaban J connectivity index is 2.98. The maximum absolute atomic E-state index is 11.8. The summed E-state index contributed by atoms with van der Waals surface area (Å²) in [7, 11) is -3.85. The van der Waals surface area contributed by atoms with Gasteiger partial charge in [0.1, 0.15) is 5.56 Å². The fourth-order valence-corrected chi connectivity index (χ4v) is 2.13. The van der Waals surface area contributed by atoms with Gasteiger partial charge in [0.05, 0.1) is 19.3 Å². The van der Waals surface area contributed by atoms with Crippen molar-refractivity contribution < 1.29 is 17.9 Å². The van der Waals surface area contributed by atoms with E-state index in [9.17, 15) is 13.2 Å². The van der Waals surface area contributed by atoms with Crippen LogP contribution in [0.25, 0.3) is 0 Å². The minimum absolute atomic E-state index is 0.0415. The molecule has 18 heavy (non-hydrogen) atoms. The van der Waals surface area contributed by atoms with Gasteiger partial charge in [-0.05, 0) is 13.8 Å². The van der Waals surface area contributed by atoms with Gasteiger partial charge in [0.15, 0.2) is 5.03 Å². The second-order valence-corrected chi connectivity index (χ2v) is 4.79. The molecule has 0 aliphatic rings. The first-order chi connectivity index (χ1) is 8.53. The molecule has 0 radical (unpaired) electrons. The zero-order chi connectivity index (χ0) is 13.6. The average molecular weight is 271 g/mol. The van der Waals surface area contributed by atoms with E-state index in [0.717, 1.165) is 6.20 Å². The Morgan fingerprint density at radius 2 is 2.33 bits per heavy atom. The molecule has 7 nitrogen and oxygen atoms in total. The maximum Gasteiger partial charge on any atom is 0.342 e. The lowest BCUT2D eigenvalue weighted by Crippen LogP contribution is -2.26. The molecule has 0 saturated heterocycles. The van der Waals surface area contributed by atoms with Crippen LogP contribution in [0.2, 0.25) is 0 Å². The third kappa shape index (κ3) is 3.32. The third-order valence-electron chi connectivity index (χ3n) is 1.90. The van der Waals surface area contributed by atoms with Gasteiger partial charge >= 0.3 is 5.97 Å². The molecule has 1 rings (SSSR count). The first-order valence-corrected chi connectivity index (χ1v) is 6.61. The smallest absolute Gasteiger partial charge is 0.342 e. The van der Waals surface area contributed by atoms with Crippen LogP contribution in [0.4, 0.5) is 0 Å². The molecule has 1 heterocycles. The molecule has 0 aliphatic heterocycles. The molecule has 0 aromatic carbocycles. The number of aromatic amines is 1. The summed E-state index contributed by atoms with van der Waals surface area (Å²) in [6.07, 6.45) is 1.11. The van der Waals surface area contributed by atoms with Gasteiger partial charge in [-0.2, -0.15) is 9.82 Å². The summed E-state index contributed by atoms with van der Waals surface area (Å²) in [6, 6.07) is 0. The van der Waals surface area contributed by atoms with Crippen LogP contribution in [-0.4, -0.2) is 37.7 Å². The van der Waals surface area contributed by atoms with E-state index in [1.54, 1.807) is 13.8 Å². The molecule has 0 bridgehead atoms. The molecule has 0 spiro atoms. The number of carbonyl (C=O) groups is 1. The van der Waals surface area contributed by atoms with E-state index in [2.05, 4.69) is 26.8 Å². The minimum Gasteiger partial charge on any atom is -0.462 e. The molecule has 1 aromatic heterocycles. The van der Waals surface area contributed by atoms with Crippen molar-refractivity contribution in [2.45, 2.75) is 18.9 Å². The van der Waals surface area contributed by atoms with Gasteiger partial charge in [0.25, 0.3) is 10.0 Å². The molecule has 8 heteroatoms. The van der Waals surface area contributed by atoms with E-state index in [0.29, 0.717) is 0 Å². The number of ether oxygens (including phenoxy) is 1. The molecule has 0 saturated carbocycles. The number of nitrogens with one attached hydrogen (secondary N) is 2. The highest BCUT2D eigenvalue weighted by molar-refractivity contribution is 7.89. The highest BCUT2D eigenvalue weighted by Gasteiger charge is 2.25. The minimum atomic E-state index is -3.85. The molecule has 0 atom stereocenters. The van der Waals surface area contributed by atoms with Crippen molar-refractivity contribution in [3.05, 3.63) is 11.8 Å². The van der Waals surface area contributed by atoms with Crippen LogP contribution in [0.15, 0.2) is 11.2 Å². The second-order valence-electron chi connectivity index (χ2n) is 3.08. The van der Waals surface area contributed by atoms with Crippen LogP contribution in [0.5, 0.6) is 0 Å². The van der Waals surface area contributed by atoms with E-state index < -0.39 is 16.0 Å². The Labute approximate surface area is 105 Å². The van der Waals surface area contributed by atoms with E-state index in [1.165, 1.54) is 0 Å². The molecule has 0 amide bonds. The summed E-state index contributed by atoms with van der Waals surface area (Å²) in [5.74, 6) is 4.36. The Hall–Kier alpha value is -1.85. The lowest BCUT2D eigenvalue weighted by Gasteiger charge is -2.04. The quantitative estimate of drug-likeness (QED) is 0.574. The molecule has 98 valence electrons. The molecule has 0 fully saturated rings. The molecular weight excluding hydrogens is 258 g/mol. The normalized spacial score (nSPS) is 10.6. The Kier molecular flexibility index (Phi) is 4.88. The molecule has 2 N–H and O–H groups in total. The van der Waals surface area contributed by atoms with Gasteiger partial charge in [-0.25, -0.2) is 13.2 Å². The molecule has 1 aromatic rings. The van der Waals surface area contributed by atoms with E-state index in [4.69, 9.17) is 4.74 Å². The van der Waals surface area contributed by atoms with Gasteiger partial charge in [-0.1, -0.05) is 5.92 Å². The lowest BCUT2D eigenvalue weighted by molar-refractivity contribution is 0.0522. The summed E-state index contributed by atoms with van der Waals surface area (Å²) in [5.41, 5.74) is -0.131. The summed E-state index contributed by atoms with van der Waals surface area (Å²) in [4.78, 5) is 11.5. The van der Waals surface area contributed by atoms with Crippen LogP contribution in [-0.2, 0) is 14.8 Å². The summed E-state index contributed by atoms with van der Waals surface area (Å²) in [6.45, 7) is 3.33. The topological polar surface area (TPSA) is 101 Å². The number of nitrogens with zero attached hydrogens (tertiary/aromatic N) is 1. The second kappa shape index (κ2) is 6.18. The summed E-state index contributed by atoms with van der Waals surface area (Å²) >= 11 is 0. The highest BCUT2D eigenvalue weighted by atomic mass is 32.2. The van der Waals surface area contributed by atoms with E-state index in [-0.39, 0.29) is 23.7 Å². The number of hydrogen-bond donors (Lipinski definition) is 2. The number of H-pyrrole nitrogens is 1. The lowest BCUT2D eigenvalue weighted by atomic mass is 10.4. The number of carbonyl (C=O) groups excluding carboxylic acids is 1. The first kappa shape index (κ1) is 14.2. The van der Waals surface area contributed by atoms with E-state index in [1.807, 2.05) is 0 Å². The van der Waals surface area contributed by atoms with E-state index >= 15 is 0 Å². The first-order valence-electron chi connectivity index (χ1n) is 5.12.